The Morgan fingerprint density at radius 1 is 1.04 bits per heavy atom. The molecular weight excluding hydrogens is 594 g/mol. The SMILES string of the molecule is CCC1(C(CN2CC3CCCC3C2)C(=O)O)C(=O)Cc2c1cc1n(c2=O)Cc2c-1nc1cc3c(cc1c2C1CCC1)OCO3.Cl. The van der Waals surface area contributed by atoms with Crippen molar-refractivity contribution in [1.29, 1.82) is 0 Å². The predicted octanol–water partition coefficient (Wildman–Crippen LogP) is 5.05. The molecule has 0 spiro atoms. The molecule has 4 atom stereocenters. The van der Waals surface area contributed by atoms with Crippen LogP contribution in [0.3, 0.4) is 0 Å². The number of likely N-dealkylation sites (tertiary alicyclic amines) is 1. The minimum atomic E-state index is -1.24. The third kappa shape index (κ3) is 3.95. The van der Waals surface area contributed by atoms with Crippen LogP contribution in [0.1, 0.15) is 80.0 Å². The lowest BCUT2D eigenvalue weighted by Crippen LogP contribution is -2.49. The molecule has 2 saturated carbocycles. The van der Waals surface area contributed by atoms with Crippen LogP contribution in [0.15, 0.2) is 23.0 Å². The molecule has 0 bridgehead atoms. The van der Waals surface area contributed by atoms with Gasteiger partial charge in [0.1, 0.15) is 5.78 Å². The number of hydrogen-bond donors (Lipinski definition) is 1. The van der Waals surface area contributed by atoms with E-state index in [1.54, 1.807) is 4.57 Å². The minimum Gasteiger partial charge on any atom is -0.481 e. The summed E-state index contributed by atoms with van der Waals surface area (Å²) >= 11 is 0. The number of ketones is 1. The van der Waals surface area contributed by atoms with Gasteiger partial charge in [0.25, 0.3) is 5.56 Å². The first kappa shape index (κ1) is 29.0. The smallest absolute Gasteiger partial charge is 0.309 e. The van der Waals surface area contributed by atoms with Gasteiger partial charge in [-0.1, -0.05) is 19.8 Å². The number of hydrogen-bond acceptors (Lipinski definition) is 7. The third-order valence-electron chi connectivity index (χ3n) is 12.1. The standard InChI is InChI=1S/C35H37N3O6.ClH/c1-2-35(25(34(41)42)16-37-13-19-7-4-8-20(19)14-37)24-11-27-32-23(15-38(27)33(40)21(24)10-30(35)39)31(18-5-3-6-18)22-9-28-29(44-17-43-28)12-26(22)36-32;/h9,11-12,18-20,25H,2-8,10,13-17H2,1H3,(H,41,42);1H. The second-order valence-corrected chi connectivity index (χ2v) is 14.0. The van der Waals surface area contributed by atoms with Gasteiger partial charge < -0.3 is 24.0 Å². The average Bonchev–Trinajstić information content (AvgIpc) is 3.78. The Hall–Kier alpha value is -3.43. The first-order chi connectivity index (χ1) is 21.4. The second-order valence-electron chi connectivity index (χ2n) is 14.0. The topological polar surface area (TPSA) is 111 Å². The molecule has 0 radical (unpaired) electrons. The highest BCUT2D eigenvalue weighted by Crippen LogP contribution is 2.51. The number of carboxylic acid groups (broad SMARTS) is 1. The van der Waals surface area contributed by atoms with E-state index in [9.17, 15) is 19.5 Å². The summed E-state index contributed by atoms with van der Waals surface area (Å²) in [6, 6.07) is 5.93. The van der Waals surface area contributed by atoms with E-state index in [1.165, 1.54) is 31.2 Å². The van der Waals surface area contributed by atoms with Gasteiger partial charge in [-0.25, -0.2) is 4.98 Å². The maximum Gasteiger partial charge on any atom is 0.309 e. The van der Waals surface area contributed by atoms with Gasteiger partial charge in [-0.05, 0) is 73.1 Å². The second kappa shape index (κ2) is 10.3. The van der Waals surface area contributed by atoms with Crippen molar-refractivity contribution in [3.8, 4) is 22.9 Å². The van der Waals surface area contributed by atoms with Gasteiger partial charge in [0.05, 0.1) is 34.8 Å². The van der Waals surface area contributed by atoms with Gasteiger partial charge >= 0.3 is 5.97 Å². The molecule has 236 valence electrons. The number of carbonyl (C=O) groups is 2. The van der Waals surface area contributed by atoms with Crippen LogP contribution in [0.4, 0.5) is 0 Å². The Kier molecular flexibility index (Phi) is 6.63. The lowest BCUT2D eigenvalue weighted by Gasteiger charge is -2.36. The zero-order chi connectivity index (χ0) is 29.9. The number of ether oxygens (including phenoxy) is 2. The number of rotatable bonds is 6. The number of nitrogens with zero attached hydrogens (tertiary/aromatic N) is 3. The van der Waals surface area contributed by atoms with Crippen molar-refractivity contribution in [3.63, 3.8) is 0 Å². The van der Waals surface area contributed by atoms with E-state index in [-0.39, 0.29) is 37.0 Å². The summed E-state index contributed by atoms with van der Waals surface area (Å²) < 4.78 is 13.2. The predicted molar refractivity (Wildman–Crippen MR) is 170 cm³/mol. The van der Waals surface area contributed by atoms with Crippen LogP contribution in [0.25, 0.3) is 22.3 Å². The molecule has 6 aliphatic rings. The zero-order valence-corrected chi connectivity index (χ0v) is 26.3. The molecule has 45 heavy (non-hydrogen) atoms. The number of Topliss-reactive ketones (excluding diaryl/α,β-unsaturated/α-hetero) is 1. The summed E-state index contributed by atoms with van der Waals surface area (Å²) in [4.78, 5) is 48.7. The summed E-state index contributed by atoms with van der Waals surface area (Å²) in [6.45, 7) is 4.63. The van der Waals surface area contributed by atoms with Crippen molar-refractivity contribution < 1.29 is 24.2 Å². The third-order valence-corrected chi connectivity index (χ3v) is 12.1. The Bertz CT molecular complexity index is 1840. The van der Waals surface area contributed by atoms with Crippen molar-refractivity contribution in [3.05, 3.63) is 50.8 Å². The van der Waals surface area contributed by atoms with Crippen LogP contribution >= 0.6 is 12.4 Å². The zero-order valence-electron chi connectivity index (χ0n) is 25.5. The molecule has 1 saturated heterocycles. The number of pyridine rings is 2. The fraction of sp³-hybridized carbons (Fsp3) is 0.543. The molecule has 4 unspecified atom stereocenters. The summed E-state index contributed by atoms with van der Waals surface area (Å²) in [7, 11) is 0. The normalized spacial score (nSPS) is 26.7. The largest absolute Gasteiger partial charge is 0.481 e. The van der Waals surface area contributed by atoms with Gasteiger partial charge in [-0.3, -0.25) is 14.4 Å². The monoisotopic (exact) mass is 631 g/mol. The van der Waals surface area contributed by atoms with E-state index in [1.807, 2.05) is 25.1 Å². The van der Waals surface area contributed by atoms with E-state index in [0.29, 0.717) is 59.8 Å². The number of fused-ring (bicyclic) bond motifs is 7. The van der Waals surface area contributed by atoms with Crippen LogP contribution in [0.5, 0.6) is 11.5 Å². The van der Waals surface area contributed by atoms with Crippen molar-refractivity contribution >= 4 is 35.1 Å². The molecule has 9 nitrogen and oxygen atoms in total. The Labute approximate surface area is 267 Å². The number of benzene rings is 1. The van der Waals surface area contributed by atoms with Crippen molar-refractivity contribution in [2.45, 2.75) is 76.2 Å². The highest BCUT2D eigenvalue weighted by Gasteiger charge is 2.56. The van der Waals surface area contributed by atoms with E-state index in [4.69, 9.17) is 14.5 Å². The number of aromatic nitrogens is 2. The number of halogens is 1. The first-order valence-electron chi connectivity index (χ1n) is 16.4. The minimum absolute atomic E-state index is 0. The van der Waals surface area contributed by atoms with Gasteiger partial charge in [-0.2, -0.15) is 0 Å². The maximum absolute atomic E-state index is 14.2. The maximum atomic E-state index is 14.2. The number of carbonyl (C=O) groups excluding carboxylic acids is 1. The molecule has 3 aromatic rings. The van der Waals surface area contributed by atoms with Crippen LogP contribution in [-0.2, 0) is 28.0 Å². The van der Waals surface area contributed by atoms with Gasteiger partial charge in [0, 0.05) is 48.6 Å². The summed E-state index contributed by atoms with van der Waals surface area (Å²) in [5.74, 6) is 1.01. The van der Waals surface area contributed by atoms with Crippen LogP contribution in [0, 0.1) is 17.8 Å². The van der Waals surface area contributed by atoms with Crippen LogP contribution in [0.2, 0.25) is 0 Å². The van der Waals surface area contributed by atoms with Crippen molar-refractivity contribution in [1.82, 2.24) is 14.5 Å². The van der Waals surface area contributed by atoms with E-state index >= 15 is 0 Å². The van der Waals surface area contributed by atoms with Crippen LogP contribution < -0.4 is 15.0 Å². The Balaban J connectivity index is 0.00000300. The molecule has 3 fully saturated rings. The summed E-state index contributed by atoms with van der Waals surface area (Å²) in [5, 5.41) is 11.7. The van der Waals surface area contributed by atoms with E-state index in [0.717, 1.165) is 53.8 Å². The highest BCUT2D eigenvalue weighted by molar-refractivity contribution is 6.01. The number of carboxylic acids is 1. The molecule has 0 amide bonds. The molecule has 2 aromatic heterocycles. The van der Waals surface area contributed by atoms with Crippen molar-refractivity contribution in [2.75, 3.05) is 26.4 Å². The summed E-state index contributed by atoms with van der Waals surface area (Å²) in [6.07, 6.45) is 7.34. The molecule has 9 rings (SSSR count). The van der Waals surface area contributed by atoms with Gasteiger partial charge in [0.15, 0.2) is 11.5 Å². The molecule has 3 aliphatic carbocycles. The van der Waals surface area contributed by atoms with Gasteiger partial charge in [-0.15, -0.1) is 12.4 Å². The lowest BCUT2D eigenvalue weighted by molar-refractivity contribution is -0.148. The molecule has 3 aliphatic heterocycles. The molecular formula is C35H38ClN3O6. The Morgan fingerprint density at radius 3 is 2.42 bits per heavy atom. The van der Waals surface area contributed by atoms with E-state index < -0.39 is 17.3 Å². The molecule has 10 heteroatoms. The lowest BCUT2D eigenvalue weighted by atomic mass is 9.68. The molecule has 1 aromatic carbocycles. The number of aliphatic carboxylic acids is 1. The van der Waals surface area contributed by atoms with Gasteiger partial charge in [0.2, 0.25) is 6.79 Å². The molecule has 5 heterocycles. The summed E-state index contributed by atoms with van der Waals surface area (Å²) in [5.41, 5.74) is 4.21. The highest BCUT2D eigenvalue weighted by atomic mass is 35.5. The molecule has 1 N–H and O–H groups in total. The van der Waals surface area contributed by atoms with Crippen molar-refractivity contribution in [2.24, 2.45) is 17.8 Å². The quantitative estimate of drug-likeness (QED) is 0.315. The fourth-order valence-electron chi connectivity index (χ4n) is 9.69. The average molecular weight is 632 g/mol. The van der Waals surface area contributed by atoms with E-state index in [2.05, 4.69) is 4.90 Å². The van der Waals surface area contributed by atoms with Crippen LogP contribution in [-0.4, -0.2) is 57.7 Å². The Morgan fingerprint density at radius 2 is 1.76 bits per heavy atom. The first-order valence-corrected chi connectivity index (χ1v) is 16.4. The fourth-order valence-corrected chi connectivity index (χ4v) is 9.69.